The Kier molecular flexibility index (Phi) is 8.75. The molecule has 0 amide bonds. The topological polar surface area (TPSA) is 168 Å². The summed E-state index contributed by atoms with van der Waals surface area (Å²) in [5.41, 5.74) is -0.870. The summed E-state index contributed by atoms with van der Waals surface area (Å²) in [5.74, 6) is -1.42. The predicted molar refractivity (Wildman–Crippen MR) is 147 cm³/mol. The molecule has 3 heterocycles. The van der Waals surface area contributed by atoms with Crippen LogP contribution < -0.4 is 19.5 Å². The molecule has 0 unspecified atom stereocenters. The molecule has 0 bridgehead atoms. The SMILES string of the molecule is COc1cc(Nc2ncc(-c3cnc(OCCS(C)(=O)=O)c(C(=O)O)c3)c(-n3nc(C(F)(F)F)cc3C)n2)cc(OC)c1. The lowest BCUT2D eigenvalue weighted by atomic mass is 10.1. The molecule has 0 radical (unpaired) electrons. The summed E-state index contributed by atoms with van der Waals surface area (Å²) in [7, 11) is -0.468. The monoisotopic (exact) mass is 622 g/mol. The van der Waals surface area contributed by atoms with Crippen LogP contribution in [0.25, 0.3) is 16.9 Å². The number of carboxylic acids is 1. The van der Waals surface area contributed by atoms with Gasteiger partial charge in [-0.05, 0) is 19.1 Å². The van der Waals surface area contributed by atoms with Crippen LogP contribution in [0, 0.1) is 6.92 Å². The molecule has 0 spiro atoms. The van der Waals surface area contributed by atoms with Gasteiger partial charge >= 0.3 is 12.1 Å². The Bertz CT molecular complexity index is 1760. The minimum Gasteiger partial charge on any atom is -0.497 e. The lowest BCUT2D eigenvalue weighted by Gasteiger charge is -2.15. The second-order valence-electron chi connectivity index (χ2n) is 9.10. The molecule has 0 aliphatic carbocycles. The minimum absolute atomic E-state index is 0.0374. The average Bonchev–Trinajstić information content (AvgIpc) is 3.34. The van der Waals surface area contributed by atoms with E-state index in [2.05, 4.69) is 25.4 Å². The van der Waals surface area contributed by atoms with Crippen molar-refractivity contribution in [3.05, 3.63) is 59.7 Å². The number of hydrogen-bond acceptors (Lipinski definition) is 11. The largest absolute Gasteiger partial charge is 0.497 e. The zero-order chi connectivity index (χ0) is 31.5. The summed E-state index contributed by atoms with van der Waals surface area (Å²) in [4.78, 5) is 24.7. The molecule has 3 aromatic heterocycles. The number of nitrogens with one attached hydrogen (secondary N) is 1. The van der Waals surface area contributed by atoms with E-state index in [-0.39, 0.29) is 46.8 Å². The first-order valence-electron chi connectivity index (χ1n) is 12.2. The zero-order valence-corrected chi connectivity index (χ0v) is 23.9. The van der Waals surface area contributed by atoms with Gasteiger partial charge in [-0.3, -0.25) is 0 Å². The fraction of sp³-hybridized carbons (Fsp3) is 0.269. The molecule has 43 heavy (non-hydrogen) atoms. The molecule has 0 fully saturated rings. The minimum atomic E-state index is -4.75. The smallest absolute Gasteiger partial charge is 0.435 e. The zero-order valence-electron chi connectivity index (χ0n) is 23.1. The predicted octanol–water partition coefficient (Wildman–Crippen LogP) is 3.93. The Morgan fingerprint density at radius 1 is 1.05 bits per heavy atom. The van der Waals surface area contributed by atoms with Crippen molar-refractivity contribution in [2.45, 2.75) is 13.1 Å². The van der Waals surface area contributed by atoms with Gasteiger partial charge < -0.3 is 24.6 Å². The maximum atomic E-state index is 13.5. The van der Waals surface area contributed by atoms with Crippen LogP contribution in [0.5, 0.6) is 17.4 Å². The van der Waals surface area contributed by atoms with E-state index in [0.29, 0.717) is 17.2 Å². The highest BCUT2D eigenvalue weighted by molar-refractivity contribution is 7.90. The molecule has 13 nitrogen and oxygen atoms in total. The number of anilines is 2. The molecule has 4 aromatic rings. The number of aromatic nitrogens is 5. The number of aromatic carboxylic acids is 1. The van der Waals surface area contributed by atoms with Crippen molar-refractivity contribution < 1.29 is 45.7 Å². The molecule has 0 aliphatic heterocycles. The van der Waals surface area contributed by atoms with Crippen LogP contribution in [-0.4, -0.2) is 77.1 Å². The summed E-state index contributed by atoms with van der Waals surface area (Å²) < 4.78 is 80.2. The fourth-order valence-electron chi connectivity index (χ4n) is 3.79. The maximum Gasteiger partial charge on any atom is 0.435 e. The van der Waals surface area contributed by atoms with E-state index in [9.17, 15) is 31.5 Å². The third-order valence-corrected chi connectivity index (χ3v) is 6.75. The summed E-state index contributed by atoms with van der Waals surface area (Å²) >= 11 is 0. The quantitative estimate of drug-likeness (QED) is 0.248. The fourth-order valence-corrected chi connectivity index (χ4v) is 4.18. The summed E-state index contributed by atoms with van der Waals surface area (Å²) in [6, 6.07) is 6.87. The van der Waals surface area contributed by atoms with Gasteiger partial charge in [0, 0.05) is 59.4 Å². The van der Waals surface area contributed by atoms with Crippen LogP contribution in [0.1, 0.15) is 21.7 Å². The number of hydrogen-bond donors (Lipinski definition) is 2. The summed E-state index contributed by atoms with van der Waals surface area (Å²) in [6.45, 7) is 1.05. The lowest BCUT2D eigenvalue weighted by molar-refractivity contribution is -0.141. The van der Waals surface area contributed by atoms with Gasteiger partial charge in [0.25, 0.3) is 0 Å². The molecule has 4 rings (SSSR count). The molecule has 228 valence electrons. The van der Waals surface area contributed by atoms with Gasteiger partial charge in [0.05, 0.1) is 20.0 Å². The van der Waals surface area contributed by atoms with E-state index in [4.69, 9.17) is 14.2 Å². The number of rotatable bonds is 11. The molecule has 2 N–H and O–H groups in total. The Morgan fingerprint density at radius 3 is 2.28 bits per heavy atom. The highest BCUT2D eigenvalue weighted by atomic mass is 32.2. The van der Waals surface area contributed by atoms with E-state index in [1.807, 2.05) is 0 Å². The average molecular weight is 623 g/mol. The van der Waals surface area contributed by atoms with Gasteiger partial charge in [-0.25, -0.2) is 27.9 Å². The van der Waals surface area contributed by atoms with Crippen LogP contribution in [0.2, 0.25) is 0 Å². The number of carboxylic acid groups (broad SMARTS) is 1. The number of aryl methyl sites for hydroxylation is 1. The number of halogens is 3. The van der Waals surface area contributed by atoms with Gasteiger partial charge in [-0.1, -0.05) is 0 Å². The standard InChI is InChI=1S/C26H25F3N6O7S/c1-14-7-21(26(27,28)29)34-35(14)22-20(13-31-25(33-22)32-16-9-17(40-2)11-18(10-16)41-3)15-8-19(24(36)37)23(30-12-15)42-5-6-43(4,38)39/h7-13H,5-6H2,1-4H3,(H,36,37)(H,31,32,33). The number of benzene rings is 1. The number of carbonyl (C=O) groups is 1. The highest BCUT2D eigenvalue weighted by Crippen LogP contribution is 2.34. The van der Waals surface area contributed by atoms with Crippen molar-refractivity contribution in [1.29, 1.82) is 0 Å². The number of pyridine rings is 1. The molecule has 1 aromatic carbocycles. The third-order valence-electron chi connectivity index (χ3n) is 5.84. The Hall–Kier alpha value is -4.93. The van der Waals surface area contributed by atoms with Crippen molar-refractivity contribution in [3.63, 3.8) is 0 Å². The summed E-state index contributed by atoms with van der Waals surface area (Å²) in [5, 5.41) is 16.4. The highest BCUT2D eigenvalue weighted by Gasteiger charge is 2.35. The van der Waals surface area contributed by atoms with E-state index in [1.165, 1.54) is 33.5 Å². The summed E-state index contributed by atoms with van der Waals surface area (Å²) in [6.07, 6.45) is -1.28. The van der Waals surface area contributed by atoms with Gasteiger partial charge in [-0.2, -0.15) is 23.3 Å². The van der Waals surface area contributed by atoms with Crippen molar-refractivity contribution >= 4 is 27.4 Å². The van der Waals surface area contributed by atoms with Crippen molar-refractivity contribution in [1.82, 2.24) is 24.7 Å². The van der Waals surface area contributed by atoms with Crippen molar-refractivity contribution in [3.8, 4) is 34.3 Å². The van der Waals surface area contributed by atoms with Gasteiger partial charge in [0.1, 0.15) is 23.7 Å². The molecular weight excluding hydrogens is 597 g/mol. The molecule has 0 saturated carbocycles. The van der Waals surface area contributed by atoms with E-state index >= 15 is 0 Å². The normalized spacial score (nSPS) is 11.7. The molecule has 0 saturated heterocycles. The van der Waals surface area contributed by atoms with Crippen LogP contribution in [0.3, 0.4) is 0 Å². The first kappa shape index (κ1) is 31.0. The Balaban J connectivity index is 1.83. The Labute approximate surface area is 243 Å². The number of sulfone groups is 1. The van der Waals surface area contributed by atoms with Gasteiger partial charge in [0.2, 0.25) is 11.8 Å². The van der Waals surface area contributed by atoms with Crippen LogP contribution in [-0.2, 0) is 16.0 Å². The lowest BCUT2D eigenvalue weighted by Crippen LogP contribution is -2.14. The number of methoxy groups -OCH3 is 2. The number of alkyl halides is 3. The second kappa shape index (κ2) is 12.1. The van der Waals surface area contributed by atoms with E-state index < -0.39 is 33.2 Å². The third kappa shape index (κ3) is 7.48. The molecule has 0 aliphatic rings. The van der Waals surface area contributed by atoms with Crippen molar-refractivity contribution in [2.24, 2.45) is 0 Å². The van der Waals surface area contributed by atoms with Gasteiger partial charge in [0.15, 0.2) is 21.3 Å². The second-order valence-corrected chi connectivity index (χ2v) is 11.4. The maximum absolute atomic E-state index is 13.5. The molecular formula is C26H25F3N6O7S. The van der Waals surface area contributed by atoms with Crippen molar-refractivity contribution in [2.75, 3.05) is 38.2 Å². The molecule has 17 heteroatoms. The van der Waals surface area contributed by atoms with Crippen LogP contribution >= 0.6 is 0 Å². The number of ether oxygens (including phenoxy) is 3. The Morgan fingerprint density at radius 2 is 1.72 bits per heavy atom. The van der Waals surface area contributed by atoms with Gasteiger partial charge in [-0.15, -0.1) is 0 Å². The molecule has 0 atom stereocenters. The first-order chi connectivity index (χ1) is 20.2. The van der Waals surface area contributed by atoms with Crippen LogP contribution in [0.15, 0.2) is 42.7 Å². The number of nitrogens with zero attached hydrogens (tertiary/aromatic N) is 5. The van der Waals surface area contributed by atoms with E-state index in [0.717, 1.165) is 23.1 Å². The van der Waals surface area contributed by atoms with Crippen LogP contribution in [0.4, 0.5) is 24.8 Å². The van der Waals surface area contributed by atoms with E-state index in [1.54, 1.807) is 18.2 Å². The first-order valence-corrected chi connectivity index (χ1v) is 14.3.